The Morgan fingerprint density at radius 3 is 2.55 bits per heavy atom. The van der Waals surface area contributed by atoms with E-state index in [2.05, 4.69) is 36.9 Å². The molecule has 1 aromatic rings. The van der Waals surface area contributed by atoms with Crippen molar-refractivity contribution in [3.8, 4) is 0 Å². The number of hydrogen-bond donors (Lipinski definition) is 1. The molecule has 20 heavy (non-hydrogen) atoms. The number of rotatable bonds is 5. The lowest BCUT2D eigenvalue weighted by Crippen LogP contribution is -2.22. The number of anilines is 1. The standard InChI is InChI=1S/C17H25NO2/c1-4-15(17(19)20)10-14-5-6-18(11-14)16-8-12(2)7-13(3)9-16/h7-9,14-15H,4-6,10-11H2,1-3H3,(H,19,20). The van der Waals surface area contributed by atoms with E-state index in [1.165, 1.54) is 16.8 Å². The van der Waals surface area contributed by atoms with Gasteiger partial charge in [-0.3, -0.25) is 4.79 Å². The van der Waals surface area contributed by atoms with Crippen LogP contribution in [0.15, 0.2) is 18.2 Å². The van der Waals surface area contributed by atoms with Crippen molar-refractivity contribution in [1.82, 2.24) is 0 Å². The SMILES string of the molecule is CCC(CC1CCN(c2cc(C)cc(C)c2)C1)C(=O)O. The third kappa shape index (κ3) is 3.53. The fourth-order valence-corrected chi connectivity index (χ4v) is 3.24. The first-order valence-corrected chi connectivity index (χ1v) is 7.55. The normalized spacial score (nSPS) is 20.1. The Balaban J connectivity index is 1.99. The third-order valence-electron chi connectivity index (χ3n) is 4.32. The van der Waals surface area contributed by atoms with Crippen molar-refractivity contribution >= 4 is 11.7 Å². The Bertz CT molecular complexity index is 464. The summed E-state index contributed by atoms with van der Waals surface area (Å²) in [4.78, 5) is 13.5. The predicted octanol–water partition coefficient (Wildman–Crippen LogP) is 3.63. The van der Waals surface area contributed by atoms with Gasteiger partial charge in [-0.2, -0.15) is 0 Å². The van der Waals surface area contributed by atoms with Gasteiger partial charge in [0.1, 0.15) is 0 Å². The van der Waals surface area contributed by atoms with Crippen LogP contribution in [0.3, 0.4) is 0 Å². The molecule has 0 aliphatic carbocycles. The van der Waals surface area contributed by atoms with Crippen molar-refractivity contribution in [2.24, 2.45) is 11.8 Å². The Hall–Kier alpha value is -1.51. The van der Waals surface area contributed by atoms with Crippen molar-refractivity contribution in [2.45, 2.75) is 40.0 Å². The van der Waals surface area contributed by atoms with Gasteiger partial charge in [-0.15, -0.1) is 0 Å². The first-order valence-electron chi connectivity index (χ1n) is 7.55. The van der Waals surface area contributed by atoms with Gasteiger partial charge in [0.2, 0.25) is 0 Å². The largest absolute Gasteiger partial charge is 0.481 e. The number of carboxylic acids is 1. The number of hydrogen-bond acceptors (Lipinski definition) is 2. The minimum Gasteiger partial charge on any atom is -0.481 e. The fourth-order valence-electron chi connectivity index (χ4n) is 3.24. The first kappa shape index (κ1) is 14.9. The van der Waals surface area contributed by atoms with E-state index in [-0.39, 0.29) is 5.92 Å². The van der Waals surface area contributed by atoms with Gasteiger partial charge in [-0.25, -0.2) is 0 Å². The summed E-state index contributed by atoms with van der Waals surface area (Å²) in [5.41, 5.74) is 3.87. The molecule has 2 atom stereocenters. The summed E-state index contributed by atoms with van der Waals surface area (Å²) in [5, 5.41) is 9.18. The topological polar surface area (TPSA) is 40.5 Å². The van der Waals surface area contributed by atoms with E-state index in [4.69, 9.17) is 0 Å². The van der Waals surface area contributed by atoms with E-state index >= 15 is 0 Å². The molecule has 0 radical (unpaired) electrons. The summed E-state index contributed by atoms with van der Waals surface area (Å²) in [6, 6.07) is 6.64. The Morgan fingerprint density at radius 2 is 2.00 bits per heavy atom. The molecule has 1 aromatic carbocycles. The predicted molar refractivity (Wildman–Crippen MR) is 82.3 cm³/mol. The minimum absolute atomic E-state index is 0.181. The van der Waals surface area contributed by atoms with E-state index in [0.29, 0.717) is 5.92 Å². The Morgan fingerprint density at radius 1 is 1.35 bits per heavy atom. The summed E-state index contributed by atoms with van der Waals surface area (Å²) in [6.07, 6.45) is 2.65. The molecule has 1 aliphatic heterocycles. The molecule has 0 bridgehead atoms. The molecule has 3 heteroatoms. The molecule has 1 heterocycles. The maximum absolute atomic E-state index is 11.1. The second kappa shape index (κ2) is 6.29. The molecule has 1 N–H and O–H groups in total. The van der Waals surface area contributed by atoms with E-state index in [0.717, 1.165) is 32.4 Å². The molecule has 3 nitrogen and oxygen atoms in total. The van der Waals surface area contributed by atoms with Crippen LogP contribution in [0.1, 0.15) is 37.3 Å². The molecule has 0 aromatic heterocycles. The number of aryl methyl sites for hydroxylation is 2. The molecule has 2 rings (SSSR count). The summed E-state index contributed by atoms with van der Waals surface area (Å²) in [5.74, 6) is -0.312. The maximum atomic E-state index is 11.1. The lowest BCUT2D eigenvalue weighted by Gasteiger charge is -2.21. The van der Waals surface area contributed by atoms with E-state index in [1.54, 1.807) is 0 Å². The third-order valence-corrected chi connectivity index (χ3v) is 4.32. The van der Waals surface area contributed by atoms with Gasteiger partial charge in [0, 0.05) is 18.8 Å². The van der Waals surface area contributed by atoms with Crippen LogP contribution in [-0.4, -0.2) is 24.2 Å². The average molecular weight is 275 g/mol. The summed E-state index contributed by atoms with van der Waals surface area (Å²) in [6.45, 7) is 8.26. The molecule has 1 fully saturated rings. The van der Waals surface area contributed by atoms with Gasteiger partial charge in [0.25, 0.3) is 0 Å². The zero-order valence-corrected chi connectivity index (χ0v) is 12.7. The monoisotopic (exact) mass is 275 g/mol. The Labute approximate surface area is 121 Å². The smallest absolute Gasteiger partial charge is 0.306 e. The number of aliphatic carboxylic acids is 1. The average Bonchev–Trinajstić information content (AvgIpc) is 2.83. The molecule has 2 unspecified atom stereocenters. The van der Waals surface area contributed by atoms with Crippen LogP contribution in [0.5, 0.6) is 0 Å². The van der Waals surface area contributed by atoms with Crippen LogP contribution in [-0.2, 0) is 4.79 Å². The summed E-state index contributed by atoms with van der Waals surface area (Å²) < 4.78 is 0. The highest BCUT2D eigenvalue weighted by atomic mass is 16.4. The number of benzene rings is 1. The molecule has 0 saturated carbocycles. The van der Waals surface area contributed by atoms with Crippen molar-refractivity contribution in [3.63, 3.8) is 0 Å². The molecule has 110 valence electrons. The quantitative estimate of drug-likeness (QED) is 0.892. The van der Waals surface area contributed by atoms with Crippen molar-refractivity contribution in [3.05, 3.63) is 29.3 Å². The lowest BCUT2D eigenvalue weighted by molar-refractivity contribution is -0.142. The summed E-state index contributed by atoms with van der Waals surface area (Å²) in [7, 11) is 0. The van der Waals surface area contributed by atoms with E-state index < -0.39 is 5.97 Å². The number of nitrogens with zero attached hydrogens (tertiary/aromatic N) is 1. The van der Waals surface area contributed by atoms with Crippen LogP contribution >= 0.6 is 0 Å². The molecule has 1 saturated heterocycles. The Kier molecular flexibility index (Phi) is 4.69. The van der Waals surface area contributed by atoms with E-state index in [1.807, 2.05) is 6.92 Å². The van der Waals surface area contributed by atoms with E-state index in [9.17, 15) is 9.90 Å². The lowest BCUT2D eigenvalue weighted by atomic mass is 9.92. The first-order chi connectivity index (χ1) is 9.49. The second-order valence-electron chi connectivity index (χ2n) is 6.13. The zero-order chi connectivity index (χ0) is 14.7. The van der Waals surface area contributed by atoms with Crippen LogP contribution < -0.4 is 4.90 Å². The van der Waals surface area contributed by atoms with Gasteiger partial charge >= 0.3 is 5.97 Å². The van der Waals surface area contributed by atoms with Crippen LogP contribution in [0, 0.1) is 25.7 Å². The van der Waals surface area contributed by atoms with Gasteiger partial charge in [0.05, 0.1) is 5.92 Å². The van der Waals surface area contributed by atoms with Crippen molar-refractivity contribution in [1.29, 1.82) is 0 Å². The summed E-state index contributed by atoms with van der Waals surface area (Å²) >= 11 is 0. The van der Waals surface area contributed by atoms with Crippen LogP contribution in [0.2, 0.25) is 0 Å². The highest BCUT2D eigenvalue weighted by molar-refractivity contribution is 5.69. The van der Waals surface area contributed by atoms with Gasteiger partial charge in [0.15, 0.2) is 0 Å². The molecular formula is C17H25NO2. The molecule has 0 amide bonds. The maximum Gasteiger partial charge on any atom is 0.306 e. The fraction of sp³-hybridized carbons (Fsp3) is 0.588. The van der Waals surface area contributed by atoms with Gasteiger partial charge < -0.3 is 10.0 Å². The second-order valence-corrected chi connectivity index (χ2v) is 6.13. The highest BCUT2D eigenvalue weighted by Crippen LogP contribution is 2.30. The van der Waals surface area contributed by atoms with Gasteiger partial charge in [-0.1, -0.05) is 13.0 Å². The van der Waals surface area contributed by atoms with Crippen molar-refractivity contribution in [2.75, 3.05) is 18.0 Å². The number of carboxylic acid groups (broad SMARTS) is 1. The van der Waals surface area contributed by atoms with Crippen LogP contribution in [0.4, 0.5) is 5.69 Å². The van der Waals surface area contributed by atoms with Crippen LogP contribution in [0.25, 0.3) is 0 Å². The van der Waals surface area contributed by atoms with Crippen molar-refractivity contribution < 1.29 is 9.90 Å². The van der Waals surface area contributed by atoms with Gasteiger partial charge in [-0.05, 0) is 62.3 Å². The molecular weight excluding hydrogens is 250 g/mol. The highest BCUT2D eigenvalue weighted by Gasteiger charge is 2.27. The molecule has 0 spiro atoms. The minimum atomic E-state index is -0.641. The zero-order valence-electron chi connectivity index (χ0n) is 12.7. The molecule has 1 aliphatic rings. The number of carbonyl (C=O) groups is 1.